The maximum atomic E-state index is 5.64. The van der Waals surface area contributed by atoms with Crippen molar-refractivity contribution in [3.63, 3.8) is 0 Å². The van der Waals surface area contributed by atoms with Gasteiger partial charge in [-0.2, -0.15) is 11.8 Å². The first kappa shape index (κ1) is 12.3. The molecule has 0 aromatic rings. The van der Waals surface area contributed by atoms with Gasteiger partial charge in [0.05, 0.1) is 6.10 Å². The van der Waals surface area contributed by atoms with Crippen LogP contribution in [0.15, 0.2) is 0 Å². The predicted octanol–water partition coefficient (Wildman–Crippen LogP) is 2.29. The van der Waals surface area contributed by atoms with Crippen LogP contribution in [0.3, 0.4) is 0 Å². The predicted molar refractivity (Wildman–Crippen MR) is 64.1 cm³/mol. The minimum absolute atomic E-state index is 0.490. The molecule has 84 valence electrons. The Balaban J connectivity index is 1.82. The standard InChI is InChI=1S/C11H23NOS/c1-14-9-5-3-7-12-10-11-6-2-4-8-13-11/h11-12H,2-10H2,1H3. The monoisotopic (exact) mass is 217 g/mol. The molecule has 2 nitrogen and oxygen atoms in total. The lowest BCUT2D eigenvalue weighted by molar-refractivity contribution is 0.0170. The third-order valence-electron chi connectivity index (χ3n) is 2.60. The van der Waals surface area contributed by atoms with E-state index in [1.54, 1.807) is 0 Å². The van der Waals surface area contributed by atoms with Crippen molar-refractivity contribution in [3.8, 4) is 0 Å². The average molecular weight is 217 g/mol. The van der Waals surface area contributed by atoms with Gasteiger partial charge in [0.2, 0.25) is 0 Å². The zero-order chi connectivity index (χ0) is 10.1. The van der Waals surface area contributed by atoms with Crippen molar-refractivity contribution < 1.29 is 4.74 Å². The minimum Gasteiger partial charge on any atom is -0.377 e. The largest absolute Gasteiger partial charge is 0.377 e. The molecule has 1 atom stereocenters. The zero-order valence-corrected chi connectivity index (χ0v) is 10.1. The summed E-state index contributed by atoms with van der Waals surface area (Å²) in [6.45, 7) is 3.18. The summed E-state index contributed by atoms with van der Waals surface area (Å²) >= 11 is 1.94. The molecule has 0 aromatic heterocycles. The fourth-order valence-electron chi connectivity index (χ4n) is 1.73. The summed E-state index contributed by atoms with van der Waals surface area (Å²) in [7, 11) is 0. The van der Waals surface area contributed by atoms with Crippen LogP contribution in [-0.2, 0) is 4.74 Å². The highest BCUT2D eigenvalue weighted by Crippen LogP contribution is 2.11. The van der Waals surface area contributed by atoms with Crippen LogP contribution in [0.25, 0.3) is 0 Å². The molecule has 1 aliphatic rings. The van der Waals surface area contributed by atoms with Gasteiger partial charge in [0.1, 0.15) is 0 Å². The van der Waals surface area contributed by atoms with E-state index in [1.807, 2.05) is 11.8 Å². The van der Waals surface area contributed by atoms with Gasteiger partial charge in [-0.15, -0.1) is 0 Å². The van der Waals surface area contributed by atoms with E-state index in [0.717, 1.165) is 19.7 Å². The number of hydrogen-bond acceptors (Lipinski definition) is 3. The molecule has 0 spiro atoms. The second-order valence-electron chi connectivity index (χ2n) is 3.89. The van der Waals surface area contributed by atoms with Crippen LogP contribution >= 0.6 is 11.8 Å². The minimum atomic E-state index is 0.490. The van der Waals surface area contributed by atoms with Gasteiger partial charge in [-0.05, 0) is 50.7 Å². The highest BCUT2D eigenvalue weighted by Gasteiger charge is 2.12. The van der Waals surface area contributed by atoms with Gasteiger partial charge in [0.15, 0.2) is 0 Å². The number of unbranched alkanes of at least 4 members (excludes halogenated alkanes) is 1. The Labute approximate surface area is 92.2 Å². The molecule has 1 unspecified atom stereocenters. The fourth-order valence-corrected chi connectivity index (χ4v) is 2.22. The number of rotatable bonds is 7. The van der Waals surface area contributed by atoms with Crippen LogP contribution in [0.2, 0.25) is 0 Å². The van der Waals surface area contributed by atoms with Crippen molar-refractivity contribution in [1.29, 1.82) is 0 Å². The highest BCUT2D eigenvalue weighted by atomic mass is 32.2. The summed E-state index contributed by atoms with van der Waals surface area (Å²) < 4.78 is 5.64. The Morgan fingerprint density at radius 1 is 1.36 bits per heavy atom. The van der Waals surface area contributed by atoms with Crippen molar-refractivity contribution in [3.05, 3.63) is 0 Å². The maximum absolute atomic E-state index is 5.64. The van der Waals surface area contributed by atoms with Crippen LogP contribution < -0.4 is 5.32 Å². The Bertz CT molecular complexity index is 126. The van der Waals surface area contributed by atoms with Gasteiger partial charge >= 0.3 is 0 Å². The molecule has 1 saturated heterocycles. The summed E-state index contributed by atoms with van der Waals surface area (Å²) in [5.74, 6) is 1.29. The molecule has 0 amide bonds. The number of ether oxygens (including phenoxy) is 1. The zero-order valence-electron chi connectivity index (χ0n) is 9.26. The van der Waals surface area contributed by atoms with E-state index in [0.29, 0.717) is 6.10 Å². The van der Waals surface area contributed by atoms with Crippen LogP contribution in [0.5, 0.6) is 0 Å². The Morgan fingerprint density at radius 2 is 2.29 bits per heavy atom. The van der Waals surface area contributed by atoms with Crippen molar-refractivity contribution >= 4 is 11.8 Å². The summed E-state index contributed by atoms with van der Waals surface area (Å²) in [5, 5.41) is 3.48. The Kier molecular flexibility index (Phi) is 7.55. The third kappa shape index (κ3) is 5.89. The van der Waals surface area contributed by atoms with Crippen molar-refractivity contribution in [2.75, 3.05) is 31.7 Å². The summed E-state index contributed by atoms with van der Waals surface area (Å²) in [6, 6.07) is 0. The first-order valence-electron chi connectivity index (χ1n) is 5.74. The van der Waals surface area contributed by atoms with Crippen LogP contribution in [-0.4, -0.2) is 37.8 Å². The highest BCUT2D eigenvalue weighted by molar-refractivity contribution is 7.98. The molecule has 1 heterocycles. The molecule has 0 aliphatic carbocycles. The quantitative estimate of drug-likeness (QED) is 0.661. The summed E-state index contributed by atoms with van der Waals surface area (Å²) in [5.41, 5.74) is 0. The molecule has 1 fully saturated rings. The lowest BCUT2D eigenvalue weighted by atomic mass is 10.1. The summed E-state index contributed by atoms with van der Waals surface area (Å²) in [4.78, 5) is 0. The lowest BCUT2D eigenvalue weighted by Crippen LogP contribution is -2.32. The van der Waals surface area contributed by atoms with E-state index in [9.17, 15) is 0 Å². The maximum Gasteiger partial charge on any atom is 0.0699 e. The van der Waals surface area contributed by atoms with Crippen LogP contribution in [0.4, 0.5) is 0 Å². The van der Waals surface area contributed by atoms with Gasteiger partial charge in [-0.3, -0.25) is 0 Å². The fraction of sp³-hybridized carbons (Fsp3) is 1.00. The molecule has 3 heteroatoms. The normalized spacial score (nSPS) is 22.5. The molecule has 0 aromatic carbocycles. The van der Waals surface area contributed by atoms with E-state index in [-0.39, 0.29) is 0 Å². The second kappa shape index (κ2) is 8.57. The number of hydrogen-bond donors (Lipinski definition) is 1. The van der Waals surface area contributed by atoms with Crippen LogP contribution in [0, 0.1) is 0 Å². The van der Waals surface area contributed by atoms with Crippen molar-refractivity contribution in [2.45, 2.75) is 38.2 Å². The van der Waals surface area contributed by atoms with E-state index < -0.39 is 0 Å². The Morgan fingerprint density at radius 3 is 3.00 bits per heavy atom. The van der Waals surface area contributed by atoms with Crippen molar-refractivity contribution in [2.24, 2.45) is 0 Å². The lowest BCUT2D eigenvalue weighted by Gasteiger charge is -2.22. The molecular formula is C11H23NOS. The van der Waals surface area contributed by atoms with Gasteiger partial charge < -0.3 is 10.1 Å². The number of thioether (sulfide) groups is 1. The van der Waals surface area contributed by atoms with E-state index in [1.165, 1.54) is 37.9 Å². The van der Waals surface area contributed by atoms with E-state index in [2.05, 4.69) is 11.6 Å². The second-order valence-corrected chi connectivity index (χ2v) is 4.88. The van der Waals surface area contributed by atoms with Gasteiger partial charge in [0.25, 0.3) is 0 Å². The van der Waals surface area contributed by atoms with E-state index >= 15 is 0 Å². The molecular weight excluding hydrogens is 194 g/mol. The summed E-state index contributed by atoms with van der Waals surface area (Å²) in [6.07, 6.45) is 9.14. The van der Waals surface area contributed by atoms with Gasteiger partial charge in [-0.25, -0.2) is 0 Å². The smallest absolute Gasteiger partial charge is 0.0699 e. The molecule has 1 rings (SSSR count). The molecule has 1 N–H and O–H groups in total. The molecule has 0 saturated carbocycles. The molecule has 1 aliphatic heterocycles. The first-order valence-corrected chi connectivity index (χ1v) is 7.14. The van der Waals surface area contributed by atoms with Crippen LogP contribution in [0.1, 0.15) is 32.1 Å². The van der Waals surface area contributed by atoms with E-state index in [4.69, 9.17) is 4.74 Å². The first-order chi connectivity index (χ1) is 6.93. The molecule has 0 bridgehead atoms. The third-order valence-corrected chi connectivity index (χ3v) is 3.29. The average Bonchev–Trinajstić information content (AvgIpc) is 2.25. The topological polar surface area (TPSA) is 21.3 Å². The number of nitrogens with one attached hydrogen (secondary N) is 1. The van der Waals surface area contributed by atoms with Gasteiger partial charge in [-0.1, -0.05) is 0 Å². The Hall–Kier alpha value is 0.270. The van der Waals surface area contributed by atoms with Gasteiger partial charge in [0, 0.05) is 13.2 Å². The molecule has 14 heavy (non-hydrogen) atoms. The molecule has 0 radical (unpaired) electrons. The SMILES string of the molecule is CSCCCCNCC1CCCCO1. The van der Waals surface area contributed by atoms with Crippen molar-refractivity contribution in [1.82, 2.24) is 5.32 Å².